The highest BCUT2D eigenvalue weighted by atomic mass is 19.1. The van der Waals surface area contributed by atoms with Gasteiger partial charge in [-0.25, -0.2) is 4.39 Å². The van der Waals surface area contributed by atoms with Crippen molar-refractivity contribution in [2.45, 2.75) is 5.92 Å². The van der Waals surface area contributed by atoms with Gasteiger partial charge >= 0.3 is 5.97 Å². The van der Waals surface area contributed by atoms with Crippen molar-refractivity contribution in [3.63, 3.8) is 0 Å². The Bertz CT molecular complexity index is 381. The highest BCUT2D eigenvalue weighted by Crippen LogP contribution is 2.29. The van der Waals surface area contributed by atoms with Gasteiger partial charge in [0.15, 0.2) is 0 Å². The molecule has 1 aliphatic heterocycles. The fourth-order valence-corrected chi connectivity index (χ4v) is 2.04. The third-order valence-electron chi connectivity index (χ3n) is 2.84. The Morgan fingerprint density at radius 1 is 1.40 bits per heavy atom. The fourth-order valence-electron chi connectivity index (χ4n) is 2.04. The van der Waals surface area contributed by atoms with Gasteiger partial charge in [-0.15, -0.1) is 0 Å². The molecule has 15 heavy (non-hydrogen) atoms. The second-order valence-corrected chi connectivity index (χ2v) is 3.73. The standard InChI is InChI=1S/C11H12FNO2/c12-10-4-2-1-3-7(10)8-5-13-6-9(8)11(14)15/h1-4,8-9,13H,5-6H2,(H,14,15)/t8-,9-/m1/s1. The normalized spacial score (nSPS) is 25.4. The van der Waals surface area contributed by atoms with Crippen molar-refractivity contribution in [1.82, 2.24) is 5.32 Å². The molecule has 1 aliphatic rings. The van der Waals surface area contributed by atoms with E-state index >= 15 is 0 Å². The maximum atomic E-state index is 13.5. The topological polar surface area (TPSA) is 49.3 Å². The van der Waals surface area contributed by atoms with Gasteiger partial charge in [0.2, 0.25) is 0 Å². The van der Waals surface area contributed by atoms with Crippen LogP contribution in [0.3, 0.4) is 0 Å². The minimum Gasteiger partial charge on any atom is -0.481 e. The summed E-state index contributed by atoms with van der Waals surface area (Å²) in [7, 11) is 0. The largest absolute Gasteiger partial charge is 0.481 e. The molecule has 0 radical (unpaired) electrons. The summed E-state index contributed by atoms with van der Waals surface area (Å²) in [6, 6.07) is 6.36. The van der Waals surface area contributed by atoms with Crippen LogP contribution in [0.15, 0.2) is 24.3 Å². The van der Waals surface area contributed by atoms with E-state index in [1.807, 2.05) is 0 Å². The van der Waals surface area contributed by atoms with Crippen molar-refractivity contribution in [3.8, 4) is 0 Å². The van der Waals surface area contributed by atoms with Crippen LogP contribution in [0.4, 0.5) is 4.39 Å². The maximum absolute atomic E-state index is 13.5. The molecule has 0 unspecified atom stereocenters. The molecule has 1 heterocycles. The summed E-state index contributed by atoms with van der Waals surface area (Å²) in [6.45, 7) is 0.937. The number of halogens is 1. The van der Waals surface area contributed by atoms with E-state index in [1.165, 1.54) is 6.07 Å². The lowest BCUT2D eigenvalue weighted by molar-refractivity contribution is -0.141. The Kier molecular flexibility index (Phi) is 2.68. The first-order valence-electron chi connectivity index (χ1n) is 4.88. The molecule has 0 aromatic heterocycles. The van der Waals surface area contributed by atoms with Gasteiger partial charge < -0.3 is 10.4 Å². The van der Waals surface area contributed by atoms with Crippen molar-refractivity contribution >= 4 is 5.97 Å². The van der Waals surface area contributed by atoms with Crippen LogP contribution in [0.1, 0.15) is 11.5 Å². The smallest absolute Gasteiger partial charge is 0.308 e. The van der Waals surface area contributed by atoms with Crippen LogP contribution in [0.2, 0.25) is 0 Å². The second kappa shape index (κ2) is 3.98. The van der Waals surface area contributed by atoms with E-state index in [1.54, 1.807) is 18.2 Å². The maximum Gasteiger partial charge on any atom is 0.308 e. The molecule has 0 spiro atoms. The summed E-state index contributed by atoms with van der Waals surface area (Å²) in [5.74, 6) is -1.98. The Morgan fingerprint density at radius 2 is 2.13 bits per heavy atom. The van der Waals surface area contributed by atoms with Gasteiger partial charge in [-0.1, -0.05) is 18.2 Å². The lowest BCUT2D eigenvalue weighted by atomic mass is 9.89. The van der Waals surface area contributed by atoms with Gasteiger partial charge in [0, 0.05) is 19.0 Å². The molecule has 2 N–H and O–H groups in total. The first kappa shape index (κ1) is 10.1. The number of hydrogen-bond acceptors (Lipinski definition) is 2. The molecule has 1 fully saturated rings. The number of carboxylic acids is 1. The third kappa shape index (κ3) is 1.85. The average molecular weight is 209 g/mol. The van der Waals surface area contributed by atoms with Crippen molar-refractivity contribution in [3.05, 3.63) is 35.6 Å². The highest BCUT2D eigenvalue weighted by molar-refractivity contribution is 5.72. The molecular weight excluding hydrogens is 197 g/mol. The quantitative estimate of drug-likeness (QED) is 0.769. The SMILES string of the molecule is O=C(O)[C@@H]1CNC[C@@H]1c1ccccc1F. The van der Waals surface area contributed by atoms with E-state index in [2.05, 4.69) is 5.32 Å². The van der Waals surface area contributed by atoms with Gasteiger partial charge in [-0.05, 0) is 11.6 Å². The van der Waals surface area contributed by atoms with E-state index in [4.69, 9.17) is 5.11 Å². The number of hydrogen-bond donors (Lipinski definition) is 2. The van der Waals surface area contributed by atoms with Gasteiger partial charge in [0.25, 0.3) is 0 Å². The minimum absolute atomic E-state index is 0.260. The highest BCUT2D eigenvalue weighted by Gasteiger charge is 2.35. The predicted molar refractivity (Wildman–Crippen MR) is 53.1 cm³/mol. The molecule has 1 aromatic rings. The van der Waals surface area contributed by atoms with Gasteiger partial charge in [0.05, 0.1) is 5.92 Å². The predicted octanol–water partition coefficient (Wildman–Crippen LogP) is 1.21. The number of aliphatic carboxylic acids is 1. The average Bonchev–Trinajstić information content (AvgIpc) is 2.67. The van der Waals surface area contributed by atoms with E-state index in [0.29, 0.717) is 18.7 Å². The Morgan fingerprint density at radius 3 is 2.80 bits per heavy atom. The molecule has 2 rings (SSSR count). The van der Waals surface area contributed by atoms with Crippen molar-refractivity contribution in [2.75, 3.05) is 13.1 Å². The summed E-state index contributed by atoms with van der Waals surface area (Å²) in [6.07, 6.45) is 0. The van der Waals surface area contributed by atoms with Crippen molar-refractivity contribution < 1.29 is 14.3 Å². The summed E-state index contributed by atoms with van der Waals surface area (Å²) in [5, 5.41) is 12.0. The Labute approximate surface area is 86.9 Å². The van der Waals surface area contributed by atoms with E-state index < -0.39 is 11.9 Å². The van der Waals surface area contributed by atoms with Crippen LogP contribution in [0, 0.1) is 11.7 Å². The van der Waals surface area contributed by atoms with Crippen LogP contribution < -0.4 is 5.32 Å². The Hall–Kier alpha value is -1.42. The second-order valence-electron chi connectivity index (χ2n) is 3.73. The van der Waals surface area contributed by atoms with E-state index in [-0.39, 0.29) is 11.7 Å². The lowest BCUT2D eigenvalue weighted by Gasteiger charge is -2.15. The van der Waals surface area contributed by atoms with E-state index in [9.17, 15) is 9.18 Å². The molecule has 80 valence electrons. The molecule has 0 bridgehead atoms. The first-order chi connectivity index (χ1) is 7.20. The number of nitrogens with one attached hydrogen (secondary N) is 1. The molecular formula is C11H12FNO2. The van der Waals surface area contributed by atoms with Crippen molar-refractivity contribution in [1.29, 1.82) is 0 Å². The Balaban J connectivity index is 2.30. The van der Waals surface area contributed by atoms with Gasteiger partial charge in [-0.2, -0.15) is 0 Å². The molecule has 0 amide bonds. The molecule has 4 heteroatoms. The monoisotopic (exact) mass is 209 g/mol. The minimum atomic E-state index is -0.867. The van der Waals surface area contributed by atoms with Gasteiger partial charge in [-0.3, -0.25) is 4.79 Å². The number of carbonyl (C=O) groups is 1. The third-order valence-corrected chi connectivity index (χ3v) is 2.84. The summed E-state index contributed by atoms with van der Waals surface area (Å²) in [5.41, 5.74) is 0.495. The number of rotatable bonds is 2. The summed E-state index contributed by atoms with van der Waals surface area (Å²) >= 11 is 0. The number of carboxylic acid groups (broad SMARTS) is 1. The zero-order chi connectivity index (χ0) is 10.8. The lowest BCUT2D eigenvalue weighted by Crippen LogP contribution is -2.21. The summed E-state index contributed by atoms with van der Waals surface area (Å²) in [4.78, 5) is 10.9. The zero-order valence-corrected chi connectivity index (χ0v) is 8.11. The van der Waals surface area contributed by atoms with Gasteiger partial charge in [0.1, 0.15) is 5.82 Å². The zero-order valence-electron chi connectivity index (χ0n) is 8.11. The number of benzene rings is 1. The summed E-state index contributed by atoms with van der Waals surface area (Å²) < 4.78 is 13.5. The van der Waals surface area contributed by atoms with E-state index in [0.717, 1.165) is 0 Å². The molecule has 0 saturated carbocycles. The fraction of sp³-hybridized carbons (Fsp3) is 0.364. The van der Waals surface area contributed by atoms with Crippen LogP contribution >= 0.6 is 0 Å². The van der Waals surface area contributed by atoms with Crippen molar-refractivity contribution in [2.24, 2.45) is 5.92 Å². The first-order valence-corrected chi connectivity index (χ1v) is 4.88. The van der Waals surface area contributed by atoms with Crippen LogP contribution in [0.5, 0.6) is 0 Å². The molecule has 1 saturated heterocycles. The van der Waals surface area contributed by atoms with Crippen LogP contribution in [0.25, 0.3) is 0 Å². The molecule has 1 aromatic carbocycles. The van der Waals surface area contributed by atoms with Crippen LogP contribution in [-0.2, 0) is 4.79 Å². The molecule has 2 atom stereocenters. The molecule has 3 nitrogen and oxygen atoms in total. The molecule has 0 aliphatic carbocycles. The van der Waals surface area contributed by atoms with Crippen LogP contribution in [-0.4, -0.2) is 24.2 Å².